The predicted octanol–water partition coefficient (Wildman–Crippen LogP) is 1.21. The first kappa shape index (κ1) is 13.0. The molecule has 0 heterocycles. The van der Waals surface area contributed by atoms with Crippen LogP contribution in [0, 0.1) is 5.92 Å². The number of hydrogen-bond acceptors (Lipinski definition) is 2. The van der Waals surface area contributed by atoms with E-state index in [2.05, 4.69) is 17.6 Å². The minimum absolute atomic E-state index is 0.0370. The molecule has 0 radical (unpaired) electrons. The molecular formula is C12H22N2O2. The van der Waals surface area contributed by atoms with Crippen LogP contribution in [0.25, 0.3) is 0 Å². The van der Waals surface area contributed by atoms with E-state index in [1.165, 1.54) is 0 Å². The minimum atomic E-state index is -0.0798. The third-order valence-electron chi connectivity index (χ3n) is 3.00. The molecule has 2 amide bonds. The Morgan fingerprint density at radius 3 is 2.50 bits per heavy atom. The Labute approximate surface area is 97.2 Å². The lowest BCUT2D eigenvalue weighted by Crippen LogP contribution is -2.41. The van der Waals surface area contributed by atoms with E-state index in [0.717, 1.165) is 38.5 Å². The molecule has 0 aromatic rings. The molecule has 1 aliphatic rings. The van der Waals surface area contributed by atoms with Crippen molar-refractivity contribution in [3.8, 4) is 0 Å². The predicted molar refractivity (Wildman–Crippen MR) is 62.9 cm³/mol. The quantitative estimate of drug-likeness (QED) is 0.641. The van der Waals surface area contributed by atoms with Gasteiger partial charge in [-0.3, -0.25) is 9.59 Å². The summed E-state index contributed by atoms with van der Waals surface area (Å²) in [4.78, 5) is 22.7. The summed E-state index contributed by atoms with van der Waals surface area (Å²) >= 11 is 0. The fraction of sp³-hybridized carbons (Fsp3) is 0.833. The second kappa shape index (κ2) is 7.25. The molecule has 0 unspecified atom stereocenters. The first-order valence-corrected chi connectivity index (χ1v) is 6.28. The van der Waals surface area contributed by atoms with Crippen molar-refractivity contribution in [2.24, 2.45) is 5.92 Å². The lowest BCUT2D eigenvalue weighted by Gasteiger charge is -2.23. The monoisotopic (exact) mass is 226 g/mol. The zero-order valence-electron chi connectivity index (χ0n) is 10.1. The highest BCUT2D eigenvalue weighted by Gasteiger charge is 2.24. The Morgan fingerprint density at radius 2 is 1.94 bits per heavy atom. The molecule has 1 aliphatic carbocycles. The standard InChI is InChI=1S/C12H22N2O2/c1-2-3-4-8-13-11(15)9-14-12(16)10-6-5-7-10/h10H,2-9H2,1H3,(H,13,15)(H,14,16). The number of unbranched alkanes of at least 4 members (excludes halogenated alkanes) is 2. The van der Waals surface area contributed by atoms with E-state index < -0.39 is 0 Å². The number of hydrogen-bond donors (Lipinski definition) is 2. The molecule has 0 aromatic heterocycles. The van der Waals surface area contributed by atoms with Gasteiger partial charge in [0.1, 0.15) is 0 Å². The van der Waals surface area contributed by atoms with Crippen molar-refractivity contribution in [2.75, 3.05) is 13.1 Å². The fourth-order valence-electron chi connectivity index (χ4n) is 1.65. The van der Waals surface area contributed by atoms with Gasteiger partial charge in [0.05, 0.1) is 6.54 Å². The molecule has 0 aromatic carbocycles. The molecule has 0 saturated heterocycles. The maximum absolute atomic E-state index is 11.4. The van der Waals surface area contributed by atoms with Crippen molar-refractivity contribution >= 4 is 11.8 Å². The molecule has 1 fully saturated rings. The maximum atomic E-state index is 11.4. The van der Waals surface area contributed by atoms with Crippen molar-refractivity contribution < 1.29 is 9.59 Å². The van der Waals surface area contributed by atoms with Crippen LogP contribution in [0.3, 0.4) is 0 Å². The molecule has 0 bridgehead atoms. The molecular weight excluding hydrogens is 204 g/mol. The van der Waals surface area contributed by atoms with Gasteiger partial charge in [0, 0.05) is 12.5 Å². The van der Waals surface area contributed by atoms with Gasteiger partial charge in [0.25, 0.3) is 0 Å². The molecule has 4 heteroatoms. The molecule has 1 rings (SSSR count). The van der Waals surface area contributed by atoms with Gasteiger partial charge in [-0.2, -0.15) is 0 Å². The summed E-state index contributed by atoms with van der Waals surface area (Å²) in [7, 11) is 0. The lowest BCUT2D eigenvalue weighted by molar-refractivity contribution is -0.130. The summed E-state index contributed by atoms with van der Waals surface area (Å²) in [6.07, 6.45) is 6.39. The number of carbonyl (C=O) groups excluding carboxylic acids is 2. The Hall–Kier alpha value is -1.06. The zero-order chi connectivity index (χ0) is 11.8. The smallest absolute Gasteiger partial charge is 0.239 e. The lowest BCUT2D eigenvalue weighted by atomic mass is 9.85. The Balaban J connectivity index is 1.98. The Morgan fingerprint density at radius 1 is 1.19 bits per heavy atom. The largest absolute Gasteiger partial charge is 0.355 e. The summed E-state index contributed by atoms with van der Waals surface area (Å²) in [6, 6.07) is 0. The van der Waals surface area contributed by atoms with Gasteiger partial charge < -0.3 is 10.6 Å². The SMILES string of the molecule is CCCCCNC(=O)CNC(=O)C1CCC1. The minimum Gasteiger partial charge on any atom is -0.355 e. The zero-order valence-corrected chi connectivity index (χ0v) is 10.1. The van der Waals surface area contributed by atoms with E-state index in [-0.39, 0.29) is 24.3 Å². The maximum Gasteiger partial charge on any atom is 0.239 e. The van der Waals surface area contributed by atoms with Crippen LogP contribution in [0.15, 0.2) is 0 Å². The molecule has 2 N–H and O–H groups in total. The van der Waals surface area contributed by atoms with E-state index >= 15 is 0 Å². The van der Waals surface area contributed by atoms with Crippen molar-refractivity contribution in [1.82, 2.24) is 10.6 Å². The topological polar surface area (TPSA) is 58.2 Å². The highest BCUT2D eigenvalue weighted by Crippen LogP contribution is 2.25. The highest BCUT2D eigenvalue weighted by molar-refractivity contribution is 5.86. The summed E-state index contributed by atoms with van der Waals surface area (Å²) in [5.41, 5.74) is 0. The van der Waals surface area contributed by atoms with Crippen LogP contribution in [0.2, 0.25) is 0 Å². The molecule has 4 nitrogen and oxygen atoms in total. The molecule has 0 atom stereocenters. The first-order valence-electron chi connectivity index (χ1n) is 6.28. The van der Waals surface area contributed by atoms with E-state index in [1.54, 1.807) is 0 Å². The van der Waals surface area contributed by atoms with Crippen molar-refractivity contribution in [3.63, 3.8) is 0 Å². The van der Waals surface area contributed by atoms with Crippen LogP contribution in [0.1, 0.15) is 45.4 Å². The van der Waals surface area contributed by atoms with Gasteiger partial charge in [-0.05, 0) is 19.3 Å². The number of carbonyl (C=O) groups is 2. The van der Waals surface area contributed by atoms with Crippen LogP contribution in [0.5, 0.6) is 0 Å². The summed E-state index contributed by atoms with van der Waals surface area (Å²) in [5.74, 6) is 0.117. The van der Waals surface area contributed by atoms with Gasteiger partial charge in [0.2, 0.25) is 11.8 Å². The summed E-state index contributed by atoms with van der Waals surface area (Å²) in [5, 5.41) is 5.47. The Bertz CT molecular complexity index is 237. The average Bonchev–Trinajstić information content (AvgIpc) is 2.19. The average molecular weight is 226 g/mol. The van der Waals surface area contributed by atoms with Crippen molar-refractivity contribution in [3.05, 3.63) is 0 Å². The number of rotatable bonds is 7. The summed E-state index contributed by atoms with van der Waals surface area (Å²) < 4.78 is 0. The van der Waals surface area contributed by atoms with Gasteiger partial charge >= 0.3 is 0 Å². The van der Waals surface area contributed by atoms with Gasteiger partial charge in [-0.25, -0.2) is 0 Å². The van der Waals surface area contributed by atoms with E-state index in [9.17, 15) is 9.59 Å². The normalized spacial score (nSPS) is 15.3. The number of nitrogens with one attached hydrogen (secondary N) is 2. The van der Waals surface area contributed by atoms with Gasteiger partial charge in [-0.15, -0.1) is 0 Å². The van der Waals surface area contributed by atoms with Crippen LogP contribution in [0.4, 0.5) is 0 Å². The second-order valence-corrected chi connectivity index (χ2v) is 4.40. The van der Waals surface area contributed by atoms with Crippen molar-refractivity contribution in [1.29, 1.82) is 0 Å². The van der Waals surface area contributed by atoms with Gasteiger partial charge in [-0.1, -0.05) is 26.2 Å². The van der Waals surface area contributed by atoms with Crippen LogP contribution >= 0.6 is 0 Å². The third kappa shape index (κ3) is 4.64. The summed E-state index contributed by atoms with van der Waals surface area (Å²) in [6.45, 7) is 2.97. The molecule has 16 heavy (non-hydrogen) atoms. The fourth-order valence-corrected chi connectivity index (χ4v) is 1.65. The van der Waals surface area contributed by atoms with Crippen LogP contribution in [-0.2, 0) is 9.59 Å². The Kier molecular flexibility index (Phi) is 5.90. The molecule has 92 valence electrons. The third-order valence-corrected chi connectivity index (χ3v) is 3.00. The molecule has 1 saturated carbocycles. The second-order valence-electron chi connectivity index (χ2n) is 4.40. The van der Waals surface area contributed by atoms with Gasteiger partial charge in [0.15, 0.2) is 0 Å². The highest BCUT2D eigenvalue weighted by atomic mass is 16.2. The number of amides is 2. The van der Waals surface area contributed by atoms with Crippen LogP contribution in [-0.4, -0.2) is 24.9 Å². The molecule has 0 aliphatic heterocycles. The van der Waals surface area contributed by atoms with E-state index in [0.29, 0.717) is 6.54 Å². The van der Waals surface area contributed by atoms with E-state index in [4.69, 9.17) is 0 Å². The molecule has 0 spiro atoms. The van der Waals surface area contributed by atoms with Crippen molar-refractivity contribution in [2.45, 2.75) is 45.4 Å². The van der Waals surface area contributed by atoms with Crippen LogP contribution < -0.4 is 10.6 Å². The van der Waals surface area contributed by atoms with E-state index in [1.807, 2.05) is 0 Å². The first-order chi connectivity index (χ1) is 7.74.